The molecule has 0 spiro atoms. The van der Waals surface area contributed by atoms with Crippen LogP contribution in [0.1, 0.15) is 42.4 Å². The highest BCUT2D eigenvalue weighted by Crippen LogP contribution is 2.47. The maximum absolute atomic E-state index is 13.3. The molecule has 30 heavy (non-hydrogen) atoms. The number of hydrogen-bond donors (Lipinski definition) is 1. The molecule has 1 fully saturated rings. The Labute approximate surface area is 179 Å². The van der Waals surface area contributed by atoms with Gasteiger partial charge in [-0.25, -0.2) is 0 Å². The summed E-state index contributed by atoms with van der Waals surface area (Å²) in [5, 5.41) is 9.08. The lowest BCUT2D eigenvalue weighted by Gasteiger charge is -2.31. The number of aliphatic hydroxyl groups excluding tert-OH is 1. The van der Waals surface area contributed by atoms with Crippen LogP contribution in [0.2, 0.25) is 0 Å². The van der Waals surface area contributed by atoms with E-state index >= 15 is 0 Å². The first kappa shape index (κ1) is 21.5. The van der Waals surface area contributed by atoms with Crippen molar-refractivity contribution in [2.75, 3.05) is 26.2 Å². The third-order valence-electron chi connectivity index (χ3n) is 6.04. The van der Waals surface area contributed by atoms with E-state index in [1.807, 2.05) is 24.3 Å². The zero-order valence-electron chi connectivity index (χ0n) is 16.8. The molecule has 0 atom stereocenters. The van der Waals surface area contributed by atoms with Crippen molar-refractivity contribution in [2.24, 2.45) is 5.92 Å². The number of nitrogens with zero attached hydrogens (tertiary/aromatic N) is 1. The van der Waals surface area contributed by atoms with Crippen LogP contribution < -0.4 is 0 Å². The van der Waals surface area contributed by atoms with E-state index in [0.29, 0.717) is 11.5 Å². The Morgan fingerprint density at radius 3 is 2.50 bits per heavy atom. The van der Waals surface area contributed by atoms with E-state index in [0.717, 1.165) is 66.2 Å². The second kappa shape index (κ2) is 9.16. The van der Waals surface area contributed by atoms with Gasteiger partial charge in [0.25, 0.3) is 0 Å². The number of hydrogen-bond acceptors (Lipinski definition) is 3. The zero-order valence-corrected chi connectivity index (χ0v) is 17.6. The van der Waals surface area contributed by atoms with Crippen LogP contribution in [0.4, 0.5) is 13.2 Å². The smallest absolute Gasteiger partial charge is 0.395 e. The monoisotopic (exact) mass is 433 g/mol. The fourth-order valence-electron chi connectivity index (χ4n) is 4.37. The molecule has 0 unspecified atom stereocenters. The standard InChI is InChI=1S/C24H26F3NOS/c25-24(26,27)18-8-9-23-21(16-18)19(20-5-1-2-7-22(20)30-23)6-3-4-17-10-12-28(13-11-17)14-15-29/h1-2,5-9,16-17,29H,3-4,10-15H2/b19-6-. The van der Waals surface area contributed by atoms with E-state index in [-0.39, 0.29) is 6.61 Å². The lowest BCUT2D eigenvalue weighted by atomic mass is 9.90. The number of aliphatic hydroxyl groups is 1. The Hall–Kier alpha value is -1.76. The molecule has 4 rings (SSSR count). The van der Waals surface area contributed by atoms with Gasteiger partial charge in [0.15, 0.2) is 0 Å². The molecule has 2 aliphatic heterocycles. The first-order valence-electron chi connectivity index (χ1n) is 10.5. The molecule has 2 aromatic carbocycles. The molecule has 160 valence electrons. The highest BCUT2D eigenvalue weighted by atomic mass is 32.2. The van der Waals surface area contributed by atoms with Crippen LogP contribution in [0.3, 0.4) is 0 Å². The number of fused-ring (bicyclic) bond motifs is 2. The van der Waals surface area contributed by atoms with Crippen molar-refractivity contribution in [1.29, 1.82) is 0 Å². The van der Waals surface area contributed by atoms with E-state index in [2.05, 4.69) is 11.0 Å². The van der Waals surface area contributed by atoms with Gasteiger partial charge in [-0.3, -0.25) is 0 Å². The minimum Gasteiger partial charge on any atom is -0.395 e. The molecular formula is C24H26F3NOS. The maximum atomic E-state index is 13.3. The van der Waals surface area contributed by atoms with Crippen molar-refractivity contribution in [1.82, 2.24) is 4.90 Å². The van der Waals surface area contributed by atoms with Gasteiger partial charge in [0.05, 0.1) is 12.2 Å². The van der Waals surface area contributed by atoms with Crippen molar-refractivity contribution in [3.63, 3.8) is 0 Å². The number of rotatable bonds is 5. The predicted molar refractivity (Wildman–Crippen MR) is 115 cm³/mol. The average molecular weight is 434 g/mol. The molecule has 0 saturated carbocycles. The highest BCUT2D eigenvalue weighted by Gasteiger charge is 2.32. The molecule has 0 bridgehead atoms. The van der Waals surface area contributed by atoms with Crippen molar-refractivity contribution in [3.05, 3.63) is 65.2 Å². The lowest BCUT2D eigenvalue weighted by molar-refractivity contribution is -0.137. The molecule has 1 saturated heterocycles. The van der Waals surface area contributed by atoms with Gasteiger partial charge in [-0.2, -0.15) is 13.2 Å². The van der Waals surface area contributed by atoms with E-state index < -0.39 is 11.7 Å². The molecule has 2 nitrogen and oxygen atoms in total. The van der Waals surface area contributed by atoms with Crippen molar-refractivity contribution in [3.8, 4) is 0 Å². The lowest BCUT2D eigenvalue weighted by Crippen LogP contribution is -2.35. The Morgan fingerprint density at radius 1 is 1.03 bits per heavy atom. The number of piperidine rings is 1. The number of likely N-dealkylation sites (tertiary alicyclic amines) is 1. The summed E-state index contributed by atoms with van der Waals surface area (Å²) in [5.74, 6) is 0.631. The molecule has 2 aliphatic rings. The third-order valence-corrected chi connectivity index (χ3v) is 7.19. The van der Waals surface area contributed by atoms with E-state index in [9.17, 15) is 13.2 Å². The number of alkyl halides is 3. The summed E-state index contributed by atoms with van der Waals surface area (Å²) in [7, 11) is 0. The summed E-state index contributed by atoms with van der Waals surface area (Å²) in [5.41, 5.74) is 2.03. The van der Waals surface area contributed by atoms with Gasteiger partial charge in [0.2, 0.25) is 0 Å². The Morgan fingerprint density at radius 2 is 1.77 bits per heavy atom. The Bertz CT molecular complexity index is 917. The normalized spacial score (nSPS) is 19.0. The average Bonchev–Trinajstić information content (AvgIpc) is 2.73. The van der Waals surface area contributed by atoms with Crippen LogP contribution in [0.25, 0.3) is 5.57 Å². The molecular weight excluding hydrogens is 407 g/mol. The van der Waals surface area contributed by atoms with Gasteiger partial charge in [-0.15, -0.1) is 0 Å². The number of benzene rings is 2. The van der Waals surface area contributed by atoms with Crippen molar-refractivity contribution in [2.45, 2.75) is 41.7 Å². The van der Waals surface area contributed by atoms with E-state index in [4.69, 9.17) is 5.11 Å². The molecule has 0 aromatic heterocycles. The molecule has 2 aromatic rings. The summed E-state index contributed by atoms with van der Waals surface area (Å²) < 4.78 is 39.9. The second-order valence-electron chi connectivity index (χ2n) is 8.01. The van der Waals surface area contributed by atoms with Gasteiger partial charge < -0.3 is 10.0 Å². The maximum Gasteiger partial charge on any atom is 0.416 e. The van der Waals surface area contributed by atoms with Crippen LogP contribution in [0, 0.1) is 5.92 Å². The van der Waals surface area contributed by atoms with Gasteiger partial charge in [-0.05, 0) is 85.7 Å². The van der Waals surface area contributed by atoms with Crippen LogP contribution in [0.15, 0.2) is 58.3 Å². The third kappa shape index (κ3) is 4.76. The second-order valence-corrected chi connectivity index (χ2v) is 9.09. The van der Waals surface area contributed by atoms with Crippen LogP contribution in [-0.4, -0.2) is 36.2 Å². The van der Waals surface area contributed by atoms with E-state index in [1.54, 1.807) is 6.07 Å². The minimum absolute atomic E-state index is 0.202. The fourth-order valence-corrected chi connectivity index (χ4v) is 5.46. The Kier molecular flexibility index (Phi) is 6.56. The van der Waals surface area contributed by atoms with Gasteiger partial charge >= 0.3 is 6.18 Å². The van der Waals surface area contributed by atoms with Crippen LogP contribution >= 0.6 is 11.8 Å². The van der Waals surface area contributed by atoms with Crippen LogP contribution in [-0.2, 0) is 6.18 Å². The first-order chi connectivity index (χ1) is 14.5. The van der Waals surface area contributed by atoms with Crippen molar-refractivity contribution >= 4 is 17.3 Å². The summed E-state index contributed by atoms with van der Waals surface area (Å²) >= 11 is 1.54. The van der Waals surface area contributed by atoms with Gasteiger partial charge in [0, 0.05) is 16.3 Å². The molecule has 0 amide bonds. The quantitative estimate of drug-likeness (QED) is 0.527. The summed E-state index contributed by atoms with van der Waals surface area (Å²) in [6.45, 7) is 2.97. The molecule has 6 heteroatoms. The molecule has 0 aliphatic carbocycles. The number of halogens is 3. The minimum atomic E-state index is -4.34. The van der Waals surface area contributed by atoms with Gasteiger partial charge in [-0.1, -0.05) is 36.0 Å². The summed E-state index contributed by atoms with van der Waals surface area (Å²) in [6, 6.07) is 12.0. The van der Waals surface area contributed by atoms with Gasteiger partial charge in [0.1, 0.15) is 0 Å². The topological polar surface area (TPSA) is 23.5 Å². The van der Waals surface area contributed by atoms with Crippen molar-refractivity contribution < 1.29 is 18.3 Å². The predicted octanol–water partition coefficient (Wildman–Crippen LogP) is 6.09. The highest BCUT2D eigenvalue weighted by molar-refractivity contribution is 7.99. The molecule has 2 heterocycles. The number of allylic oxidation sites excluding steroid dienone is 1. The largest absolute Gasteiger partial charge is 0.416 e. The van der Waals surface area contributed by atoms with Crippen LogP contribution in [0.5, 0.6) is 0 Å². The Balaban J connectivity index is 1.55. The fraction of sp³-hybridized carbons (Fsp3) is 0.417. The first-order valence-corrected chi connectivity index (χ1v) is 11.3. The van der Waals surface area contributed by atoms with E-state index in [1.165, 1.54) is 23.9 Å². The molecule has 0 radical (unpaired) electrons. The summed E-state index contributed by atoms with van der Waals surface area (Å²) in [6.07, 6.45) is 1.92. The SMILES string of the molecule is OCCN1CCC(CC/C=C2/c3ccccc3Sc3ccc(C(F)(F)F)cc32)CC1. The zero-order chi connectivity index (χ0) is 21.1. The molecule has 1 N–H and O–H groups in total. The summed E-state index contributed by atoms with van der Waals surface area (Å²) in [4.78, 5) is 4.26. The number of β-amino-alcohol motifs (C(OH)–C–C–N with tert-alkyl or cyclic N) is 1.